The predicted molar refractivity (Wildman–Crippen MR) is 108 cm³/mol. The third kappa shape index (κ3) is 3.05. The molecular weight excluding hydrogens is 417 g/mol. The van der Waals surface area contributed by atoms with Gasteiger partial charge in [-0.2, -0.15) is 0 Å². The predicted octanol–water partition coefficient (Wildman–Crippen LogP) is 6.11. The summed E-state index contributed by atoms with van der Waals surface area (Å²) in [5.74, 6) is 0. The number of pyridine rings is 2. The zero-order valence-electron chi connectivity index (χ0n) is 14.5. The van der Waals surface area contributed by atoms with E-state index in [4.69, 9.17) is 0 Å². The number of fused-ring (bicyclic) bond motifs is 3. The molecule has 0 unspecified atom stereocenters. The van der Waals surface area contributed by atoms with Gasteiger partial charge in [0.1, 0.15) is 0 Å². The average Bonchev–Trinajstić information content (AvgIpc) is 2.74. The summed E-state index contributed by atoms with van der Waals surface area (Å²) in [5.41, 5.74) is 6.65. The average molecular weight is 433 g/mol. The van der Waals surface area contributed by atoms with Gasteiger partial charge in [0.05, 0.1) is 11.0 Å². The Labute approximate surface area is 170 Å². The van der Waals surface area contributed by atoms with Crippen LogP contribution in [0.15, 0.2) is 97.3 Å². The number of nitrogens with zero attached hydrogens (tertiary/aromatic N) is 2. The summed E-state index contributed by atoms with van der Waals surface area (Å²) in [6.07, 6.45) is 3.75. The van der Waals surface area contributed by atoms with Crippen molar-refractivity contribution in [2.24, 2.45) is 0 Å². The van der Waals surface area contributed by atoms with Crippen molar-refractivity contribution in [3.63, 3.8) is 0 Å². The van der Waals surface area contributed by atoms with E-state index in [1.807, 2.05) is 24.5 Å². The summed E-state index contributed by atoms with van der Waals surface area (Å²) < 4.78 is 0. The van der Waals surface area contributed by atoms with Gasteiger partial charge in [-0.3, -0.25) is 9.97 Å². The molecule has 127 valence electrons. The molecule has 0 N–H and O–H groups in total. The molecule has 0 aliphatic heterocycles. The summed E-state index contributed by atoms with van der Waals surface area (Å²) in [6, 6.07) is 29.3. The minimum Gasteiger partial charge on any atom is -0.254 e. The fourth-order valence-electron chi connectivity index (χ4n) is 3.57. The Morgan fingerprint density at radius 3 is 1.26 bits per heavy atom. The Bertz CT molecular complexity index is 1120. The van der Waals surface area contributed by atoms with Crippen LogP contribution in [0, 0.1) is 0 Å². The largest absolute Gasteiger partial charge is 3.00 e. The van der Waals surface area contributed by atoms with E-state index in [9.17, 15) is 0 Å². The van der Waals surface area contributed by atoms with Crippen LogP contribution < -0.4 is 0 Å². The van der Waals surface area contributed by atoms with E-state index >= 15 is 0 Å². The number of hydrogen-bond donors (Lipinski definition) is 0. The molecule has 0 fully saturated rings. The minimum absolute atomic E-state index is 0. The Balaban J connectivity index is 0.00000180. The van der Waals surface area contributed by atoms with Gasteiger partial charge in [0.2, 0.25) is 0 Å². The summed E-state index contributed by atoms with van der Waals surface area (Å²) in [7, 11) is 0. The van der Waals surface area contributed by atoms with Gasteiger partial charge in [0, 0.05) is 23.2 Å². The third-order valence-electron chi connectivity index (χ3n) is 4.79. The molecule has 0 saturated carbocycles. The minimum atomic E-state index is 0. The van der Waals surface area contributed by atoms with Crippen LogP contribution in [0.2, 0.25) is 0 Å². The molecule has 0 atom stereocenters. The van der Waals surface area contributed by atoms with Gasteiger partial charge in [-0.1, -0.05) is 72.8 Å². The van der Waals surface area contributed by atoms with Gasteiger partial charge >= 0.3 is 19.5 Å². The van der Waals surface area contributed by atoms with E-state index in [-0.39, 0.29) is 19.5 Å². The smallest absolute Gasteiger partial charge is 0.254 e. The van der Waals surface area contributed by atoms with E-state index < -0.39 is 0 Å². The first-order chi connectivity index (χ1) is 12.9. The number of benzene rings is 3. The van der Waals surface area contributed by atoms with E-state index in [1.165, 1.54) is 22.3 Å². The van der Waals surface area contributed by atoms with Gasteiger partial charge in [0.15, 0.2) is 0 Å². The number of aromatic nitrogens is 2. The molecule has 2 aromatic heterocycles. The molecule has 0 amide bonds. The number of hydrogen-bond acceptors (Lipinski definition) is 2. The monoisotopic (exact) mass is 434 g/mol. The van der Waals surface area contributed by atoms with Crippen LogP contribution in [-0.4, -0.2) is 9.97 Å². The van der Waals surface area contributed by atoms with Crippen molar-refractivity contribution in [1.29, 1.82) is 0 Å². The molecule has 1 radical (unpaired) electrons. The fourth-order valence-corrected chi connectivity index (χ4v) is 3.57. The molecule has 5 rings (SSSR count). The van der Waals surface area contributed by atoms with Crippen molar-refractivity contribution in [3.8, 4) is 22.3 Å². The maximum absolute atomic E-state index is 4.67. The molecule has 2 nitrogen and oxygen atoms in total. The molecule has 27 heavy (non-hydrogen) atoms. The second kappa shape index (κ2) is 7.38. The quantitative estimate of drug-likeness (QED) is 0.248. The second-order valence-corrected chi connectivity index (χ2v) is 6.31. The van der Waals surface area contributed by atoms with Crippen LogP contribution in [0.4, 0.5) is 0 Å². The first kappa shape index (κ1) is 17.5. The molecule has 0 aliphatic carbocycles. The van der Waals surface area contributed by atoms with Crippen LogP contribution in [-0.2, 0) is 19.5 Å². The molecule has 0 aliphatic rings. The maximum atomic E-state index is 4.67. The van der Waals surface area contributed by atoms with Crippen LogP contribution >= 0.6 is 0 Å². The first-order valence-electron chi connectivity index (χ1n) is 8.69. The van der Waals surface area contributed by atoms with Crippen molar-refractivity contribution < 1.29 is 19.5 Å². The van der Waals surface area contributed by atoms with Crippen molar-refractivity contribution in [2.45, 2.75) is 0 Å². The topological polar surface area (TPSA) is 25.8 Å². The molecule has 5 aromatic rings. The van der Waals surface area contributed by atoms with E-state index in [0.29, 0.717) is 0 Å². The van der Waals surface area contributed by atoms with Crippen LogP contribution in [0.5, 0.6) is 0 Å². The normalized spacial score (nSPS) is 10.7. The summed E-state index contributed by atoms with van der Waals surface area (Å²) >= 11 is 0. The zero-order chi connectivity index (χ0) is 17.3. The Kier molecular flexibility index (Phi) is 4.79. The van der Waals surface area contributed by atoms with Gasteiger partial charge < -0.3 is 0 Å². The second-order valence-electron chi connectivity index (χ2n) is 6.31. The Morgan fingerprint density at radius 1 is 0.444 bits per heavy atom. The van der Waals surface area contributed by atoms with Crippen LogP contribution in [0.3, 0.4) is 0 Å². The molecule has 0 spiro atoms. The molecular formula is C24H16N2Ru+3. The third-order valence-corrected chi connectivity index (χ3v) is 4.79. The molecule has 2 heterocycles. The number of rotatable bonds is 2. The summed E-state index contributed by atoms with van der Waals surface area (Å²) in [6.45, 7) is 0. The molecule has 0 bridgehead atoms. The zero-order valence-corrected chi connectivity index (χ0v) is 16.2. The van der Waals surface area contributed by atoms with E-state index in [2.05, 4.69) is 82.8 Å². The Morgan fingerprint density at radius 2 is 0.852 bits per heavy atom. The molecule has 0 saturated heterocycles. The maximum Gasteiger partial charge on any atom is 3.00 e. The van der Waals surface area contributed by atoms with Crippen molar-refractivity contribution in [1.82, 2.24) is 9.97 Å². The van der Waals surface area contributed by atoms with Crippen LogP contribution in [0.1, 0.15) is 0 Å². The standard InChI is InChI=1S/C24H16N2.Ru/c1-3-7-17(8-4-1)19-13-15-25-23-21(19)11-12-22-20(14-16-26-24(22)23)18-9-5-2-6-10-18;/h1-16H;/q;+3. The van der Waals surface area contributed by atoms with E-state index in [1.54, 1.807) is 0 Å². The van der Waals surface area contributed by atoms with Crippen molar-refractivity contribution in [2.75, 3.05) is 0 Å². The fraction of sp³-hybridized carbons (Fsp3) is 0. The van der Waals surface area contributed by atoms with Crippen LogP contribution in [0.25, 0.3) is 44.1 Å². The van der Waals surface area contributed by atoms with E-state index in [0.717, 1.165) is 21.8 Å². The van der Waals surface area contributed by atoms with Gasteiger partial charge in [0.25, 0.3) is 0 Å². The van der Waals surface area contributed by atoms with Gasteiger partial charge in [-0.15, -0.1) is 0 Å². The van der Waals surface area contributed by atoms with Gasteiger partial charge in [-0.05, 0) is 34.4 Å². The summed E-state index contributed by atoms with van der Waals surface area (Å²) in [5, 5.41) is 2.26. The summed E-state index contributed by atoms with van der Waals surface area (Å²) in [4.78, 5) is 9.34. The SMILES string of the molecule is [Ru+3].c1ccc(-c2ccnc3c2ccc2c(-c4ccccc4)ccnc23)cc1. The Hall–Kier alpha value is -2.90. The van der Waals surface area contributed by atoms with Crippen molar-refractivity contribution >= 4 is 21.8 Å². The first-order valence-corrected chi connectivity index (χ1v) is 8.69. The van der Waals surface area contributed by atoms with Gasteiger partial charge in [-0.25, -0.2) is 0 Å². The molecule has 3 heteroatoms. The molecule has 3 aromatic carbocycles. The van der Waals surface area contributed by atoms with Crippen molar-refractivity contribution in [3.05, 3.63) is 97.3 Å².